The van der Waals surface area contributed by atoms with E-state index in [-0.39, 0.29) is 13.0 Å². The van der Waals surface area contributed by atoms with Crippen LogP contribution in [-0.2, 0) is 6.54 Å². The van der Waals surface area contributed by atoms with Gasteiger partial charge in [0.2, 0.25) is 0 Å². The Hall–Kier alpha value is -2.84. The van der Waals surface area contributed by atoms with E-state index in [9.17, 15) is 27.6 Å². The Labute approximate surface area is 153 Å². The summed E-state index contributed by atoms with van der Waals surface area (Å²) in [6, 6.07) is 7.69. The average molecular weight is 383 g/mol. The first-order valence-electron chi connectivity index (χ1n) is 8.27. The second-order valence-electron chi connectivity index (χ2n) is 6.23. The number of hydrogen-bond donors (Lipinski definition) is 0. The van der Waals surface area contributed by atoms with Gasteiger partial charge in [0, 0.05) is 18.6 Å². The van der Waals surface area contributed by atoms with Crippen molar-refractivity contribution < 1.29 is 27.1 Å². The highest BCUT2D eigenvalue weighted by atomic mass is 19.4. The summed E-state index contributed by atoms with van der Waals surface area (Å²) in [6.07, 6.45) is -2.33. The lowest BCUT2D eigenvalue weighted by Crippen LogP contribution is -2.52. The van der Waals surface area contributed by atoms with Crippen LogP contribution in [0.1, 0.15) is 23.6 Å². The minimum absolute atomic E-state index is 0.00656. The molecule has 2 aromatic rings. The number of anilines is 1. The van der Waals surface area contributed by atoms with Gasteiger partial charge in [-0.3, -0.25) is 9.29 Å². The smallest absolute Gasteiger partial charge is 0.406 e. The van der Waals surface area contributed by atoms with E-state index in [1.165, 1.54) is 29.4 Å². The molecule has 1 aromatic heterocycles. The summed E-state index contributed by atoms with van der Waals surface area (Å²) in [6.45, 7) is -2.31. The molecule has 0 saturated heterocycles. The number of aromatic nitrogens is 1. The number of benzene rings is 1. The predicted octanol–water partition coefficient (Wildman–Crippen LogP) is 3.73. The minimum Gasteiger partial charge on any atom is -0.619 e. The summed E-state index contributed by atoms with van der Waals surface area (Å²) < 4.78 is 52.8. The second kappa shape index (κ2) is 7.42. The lowest BCUT2D eigenvalue weighted by molar-refractivity contribution is -0.605. The molecule has 2 amide bonds. The van der Waals surface area contributed by atoms with Gasteiger partial charge in [0.05, 0.1) is 24.9 Å². The van der Waals surface area contributed by atoms with E-state index in [1.54, 1.807) is 24.3 Å². The molecular weight excluding hydrogens is 366 g/mol. The van der Waals surface area contributed by atoms with Crippen LogP contribution >= 0.6 is 0 Å². The Morgan fingerprint density at radius 3 is 2.41 bits per heavy atom. The zero-order valence-corrected chi connectivity index (χ0v) is 14.2. The van der Waals surface area contributed by atoms with E-state index < -0.39 is 31.5 Å². The van der Waals surface area contributed by atoms with Gasteiger partial charge in [0.25, 0.3) is 0 Å². The normalized spacial score (nSPS) is 17.2. The molecule has 0 saturated carbocycles. The van der Waals surface area contributed by atoms with E-state index in [1.807, 2.05) is 0 Å². The van der Waals surface area contributed by atoms with Gasteiger partial charge >= 0.3 is 12.2 Å². The Balaban J connectivity index is 2.02. The van der Waals surface area contributed by atoms with Crippen molar-refractivity contribution >= 4 is 11.7 Å². The number of halogens is 4. The summed E-state index contributed by atoms with van der Waals surface area (Å²) in [5.74, 6) is 0. The molecule has 1 aliphatic rings. The molecule has 3 rings (SSSR count). The van der Waals surface area contributed by atoms with E-state index in [2.05, 4.69) is 0 Å². The molecule has 144 valence electrons. The molecular formula is C18H17F4N3O2. The number of para-hydroxylation sites is 1. The number of carbonyl (C=O) groups excluding carboxylic acids is 1. The molecule has 9 heteroatoms. The summed E-state index contributed by atoms with van der Waals surface area (Å²) >= 11 is 0. The fourth-order valence-corrected chi connectivity index (χ4v) is 3.24. The quantitative estimate of drug-likeness (QED) is 0.449. The fourth-order valence-electron chi connectivity index (χ4n) is 3.24. The number of fused-ring (bicyclic) bond motifs is 1. The molecule has 0 N–H and O–H groups in total. The molecule has 5 nitrogen and oxygen atoms in total. The number of hydrogen-bond acceptors (Lipinski definition) is 2. The molecule has 1 aliphatic heterocycles. The molecule has 0 aliphatic carbocycles. The summed E-state index contributed by atoms with van der Waals surface area (Å²) in [5.41, 5.74) is 1.49. The van der Waals surface area contributed by atoms with E-state index in [0.717, 1.165) is 0 Å². The third-order valence-electron chi connectivity index (χ3n) is 4.38. The van der Waals surface area contributed by atoms with Crippen molar-refractivity contribution in [1.82, 2.24) is 4.90 Å². The van der Waals surface area contributed by atoms with Gasteiger partial charge in [-0.05, 0) is 17.2 Å². The van der Waals surface area contributed by atoms with Crippen molar-refractivity contribution in [2.45, 2.75) is 25.2 Å². The molecule has 1 unspecified atom stereocenters. The van der Waals surface area contributed by atoms with Gasteiger partial charge in [-0.1, -0.05) is 18.2 Å². The van der Waals surface area contributed by atoms with Crippen LogP contribution in [0.4, 0.5) is 28.0 Å². The van der Waals surface area contributed by atoms with Crippen LogP contribution in [-0.4, -0.2) is 30.3 Å². The van der Waals surface area contributed by atoms with Crippen molar-refractivity contribution in [3.8, 4) is 0 Å². The highest BCUT2D eigenvalue weighted by Crippen LogP contribution is 2.40. The van der Waals surface area contributed by atoms with Gasteiger partial charge in [-0.15, -0.1) is 0 Å². The standard InChI is InChI=1S/C18H17F4N3O2/c19-8-5-16-14-3-1-2-4-15(14)24(11-13-6-9-23(27)10-7-13)17(26)25(16)12-18(20,21)22/h1-4,6-7,9-10,16H,5,8,11-12H2. The van der Waals surface area contributed by atoms with Crippen molar-refractivity contribution in [1.29, 1.82) is 0 Å². The monoisotopic (exact) mass is 383 g/mol. The first-order valence-corrected chi connectivity index (χ1v) is 8.27. The third-order valence-corrected chi connectivity index (χ3v) is 4.38. The molecule has 27 heavy (non-hydrogen) atoms. The SMILES string of the molecule is O=C1N(Cc2cc[n+]([O-])cc2)c2ccccc2C(CCF)N1CC(F)(F)F. The summed E-state index contributed by atoms with van der Waals surface area (Å²) in [7, 11) is 0. The molecule has 0 bridgehead atoms. The second-order valence-corrected chi connectivity index (χ2v) is 6.23. The summed E-state index contributed by atoms with van der Waals surface area (Å²) in [5, 5.41) is 11.2. The first kappa shape index (κ1) is 18.9. The minimum atomic E-state index is -4.61. The summed E-state index contributed by atoms with van der Waals surface area (Å²) in [4.78, 5) is 14.8. The Bertz CT molecular complexity index is 811. The van der Waals surface area contributed by atoms with Crippen molar-refractivity contribution in [3.05, 3.63) is 65.1 Å². The first-order chi connectivity index (χ1) is 12.8. The Morgan fingerprint density at radius 2 is 1.78 bits per heavy atom. The zero-order chi connectivity index (χ0) is 19.6. The van der Waals surface area contributed by atoms with Crippen LogP contribution < -0.4 is 9.63 Å². The molecule has 0 fully saturated rings. The lowest BCUT2D eigenvalue weighted by Gasteiger charge is -2.42. The van der Waals surface area contributed by atoms with Crippen LogP contribution in [0.5, 0.6) is 0 Å². The number of carbonyl (C=O) groups is 1. The van der Waals surface area contributed by atoms with Crippen LogP contribution in [0.3, 0.4) is 0 Å². The van der Waals surface area contributed by atoms with Crippen LogP contribution in [0, 0.1) is 5.21 Å². The lowest BCUT2D eigenvalue weighted by atomic mass is 9.97. The van der Waals surface area contributed by atoms with Crippen LogP contribution in [0.25, 0.3) is 0 Å². The van der Waals surface area contributed by atoms with Gasteiger partial charge in [-0.25, -0.2) is 4.79 Å². The Morgan fingerprint density at radius 1 is 1.11 bits per heavy atom. The molecule has 0 radical (unpaired) electrons. The van der Waals surface area contributed by atoms with Crippen molar-refractivity contribution in [2.24, 2.45) is 0 Å². The van der Waals surface area contributed by atoms with E-state index >= 15 is 0 Å². The topological polar surface area (TPSA) is 50.5 Å². The number of amides is 2. The highest BCUT2D eigenvalue weighted by Gasteiger charge is 2.43. The maximum absolute atomic E-state index is 13.1. The maximum atomic E-state index is 13.1. The van der Waals surface area contributed by atoms with Gasteiger partial charge in [-0.2, -0.15) is 17.9 Å². The van der Waals surface area contributed by atoms with Gasteiger partial charge in [0.15, 0.2) is 12.4 Å². The van der Waals surface area contributed by atoms with Crippen LogP contribution in [0.15, 0.2) is 48.8 Å². The molecule has 1 atom stereocenters. The fraction of sp³-hybridized carbons (Fsp3) is 0.333. The number of urea groups is 1. The van der Waals surface area contributed by atoms with E-state index in [4.69, 9.17) is 0 Å². The van der Waals surface area contributed by atoms with Crippen molar-refractivity contribution in [2.75, 3.05) is 18.1 Å². The highest BCUT2D eigenvalue weighted by molar-refractivity contribution is 5.95. The number of pyridine rings is 1. The number of alkyl halides is 4. The molecule has 1 aromatic carbocycles. The van der Waals surface area contributed by atoms with Gasteiger partial charge < -0.3 is 10.1 Å². The number of nitrogens with zero attached hydrogens (tertiary/aromatic N) is 3. The van der Waals surface area contributed by atoms with Crippen LogP contribution in [0.2, 0.25) is 0 Å². The van der Waals surface area contributed by atoms with Gasteiger partial charge in [0.1, 0.15) is 6.54 Å². The number of rotatable bonds is 5. The van der Waals surface area contributed by atoms with Crippen molar-refractivity contribution in [3.63, 3.8) is 0 Å². The van der Waals surface area contributed by atoms with E-state index in [0.29, 0.717) is 26.4 Å². The molecule has 2 heterocycles. The largest absolute Gasteiger partial charge is 0.619 e. The Kier molecular flexibility index (Phi) is 5.20. The maximum Gasteiger partial charge on any atom is 0.406 e. The zero-order valence-electron chi connectivity index (χ0n) is 14.2. The predicted molar refractivity (Wildman–Crippen MR) is 89.5 cm³/mol. The molecule has 0 spiro atoms. The third kappa shape index (κ3) is 4.12. The average Bonchev–Trinajstić information content (AvgIpc) is 2.62.